The summed E-state index contributed by atoms with van der Waals surface area (Å²) in [5, 5.41) is 4.14. The number of anilines is 1. The first-order valence-electron chi connectivity index (χ1n) is 11.6. The van der Waals surface area contributed by atoms with Crippen LogP contribution >= 0.6 is 0 Å². The topological polar surface area (TPSA) is 119 Å². The first-order valence-corrected chi connectivity index (χ1v) is 12.7. The van der Waals surface area contributed by atoms with E-state index in [2.05, 4.69) is 24.3 Å². The highest BCUT2D eigenvalue weighted by Crippen LogP contribution is 2.46. The fourth-order valence-electron chi connectivity index (χ4n) is 5.27. The molecule has 0 amide bonds. The Morgan fingerprint density at radius 1 is 1.26 bits per heavy atom. The average molecular weight is 495 g/mol. The van der Waals surface area contributed by atoms with E-state index in [-0.39, 0.29) is 12.0 Å². The van der Waals surface area contributed by atoms with Crippen LogP contribution in [0.4, 0.5) is 5.95 Å². The molecule has 3 atom stereocenters. The number of hydrogen-bond donors (Lipinski definition) is 2. The van der Waals surface area contributed by atoms with Crippen LogP contribution in [0, 0.1) is 19.8 Å². The van der Waals surface area contributed by atoms with Crippen LogP contribution in [-0.4, -0.2) is 54.7 Å². The van der Waals surface area contributed by atoms with E-state index in [1.165, 1.54) is 0 Å². The molecule has 0 radical (unpaired) electrons. The number of nitrogens with one attached hydrogen (secondary N) is 1. The Morgan fingerprint density at radius 2 is 2.14 bits per heavy atom. The number of aryl methyl sites for hydroxylation is 2. The largest absolute Gasteiger partial charge is 0.488 e. The molecular formula is C24H26N6O4S. The quantitative estimate of drug-likeness (QED) is 0.392. The lowest BCUT2D eigenvalue weighted by atomic mass is 10.0. The normalized spacial score (nSPS) is 20.4. The van der Waals surface area contributed by atoms with Gasteiger partial charge in [0.05, 0.1) is 22.5 Å². The van der Waals surface area contributed by atoms with Gasteiger partial charge in [0.2, 0.25) is 17.2 Å². The maximum Gasteiger partial charge on any atom is 0.231 e. The number of nitrogens with zero attached hydrogens (tertiary/aromatic N) is 5. The molecule has 11 heteroatoms. The molecule has 0 bridgehead atoms. The summed E-state index contributed by atoms with van der Waals surface area (Å²) in [7, 11) is 0. The third-order valence-corrected chi connectivity index (χ3v) is 7.29. The second-order valence-electron chi connectivity index (χ2n) is 9.07. The minimum atomic E-state index is -2.01. The van der Waals surface area contributed by atoms with Crippen molar-refractivity contribution in [3.63, 3.8) is 0 Å². The first kappa shape index (κ1) is 22.2. The Kier molecular flexibility index (Phi) is 5.54. The van der Waals surface area contributed by atoms with Gasteiger partial charge in [-0.25, -0.2) is 13.9 Å². The van der Waals surface area contributed by atoms with Crippen LogP contribution in [0.3, 0.4) is 0 Å². The van der Waals surface area contributed by atoms with Crippen molar-refractivity contribution in [3.8, 4) is 16.9 Å². The summed E-state index contributed by atoms with van der Waals surface area (Å²) in [6, 6.07) is 9.82. The molecule has 0 saturated carbocycles. The fourth-order valence-corrected chi connectivity index (χ4v) is 5.65. The van der Waals surface area contributed by atoms with E-state index in [1.807, 2.05) is 44.2 Å². The highest BCUT2D eigenvalue weighted by Gasteiger charge is 2.35. The van der Waals surface area contributed by atoms with Crippen LogP contribution in [0.1, 0.15) is 29.6 Å². The lowest BCUT2D eigenvalue weighted by molar-refractivity contribution is 0.258. The molecule has 10 nitrogen and oxygen atoms in total. The zero-order valence-corrected chi connectivity index (χ0v) is 20.3. The lowest BCUT2D eigenvalue weighted by Crippen LogP contribution is -2.31. The van der Waals surface area contributed by atoms with E-state index in [4.69, 9.17) is 18.8 Å². The maximum atomic E-state index is 11.1. The predicted octanol–water partition coefficient (Wildman–Crippen LogP) is 3.24. The smallest absolute Gasteiger partial charge is 0.231 e. The number of aromatic nitrogens is 4. The van der Waals surface area contributed by atoms with E-state index < -0.39 is 11.3 Å². The second-order valence-corrected chi connectivity index (χ2v) is 9.86. The molecule has 182 valence electrons. The summed E-state index contributed by atoms with van der Waals surface area (Å²) in [6.45, 7) is 6.30. The van der Waals surface area contributed by atoms with Crippen molar-refractivity contribution >= 4 is 28.2 Å². The van der Waals surface area contributed by atoms with Gasteiger partial charge in [-0.3, -0.25) is 14.1 Å². The Bertz CT molecular complexity index is 1400. The number of pyridine rings is 1. The standard InChI is InChI=1S/C24H26N6O4S/c1-14-21(15(2)34-28-14)17-6-7-19-22-23(17)33-13-20(18-5-3-4-9-25-18)30(22)24(27-19)29-10-8-16(12-29)11-26-35(31)32/h3-7,9,16,20,26H,8,10-13H2,1-2H3,(H,31,32)/t16-,20+/m0/s1. The fraction of sp³-hybridized carbons (Fsp3) is 0.375. The third-order valence-electron chi connectivity index (χ3n) is 6.88. The molecule has 1 saturated heterocycles. The lowest BCUT2D eigenvalue weighted by Gasteiger charge is -2.30. The number of hydrogen-bond acceptors (Lipinski definition) is 7. The summed E-state index contributed by atoms with van der Waals surface area (Å²) in [5.41, 5.74) is 5.39. The molecule has 6 rings (SSSR count). The van der Waals surface area contributed by atoms with Gasteiger partial charge in [-0.1, -0.05) is 11.2 Å². The molecule has 0 spiro atoms. The summed E-state index contributed by atoms with van der Waals surface area (Å²) in [4.78, 5) is 11.9. The molecule has 3 aromatic heterocycles. The van der Waals surface area contributed by atoms with E-state index in [9.17, 15) is 4.21 Å². The zero-order chi connectivity index (χ0) is 24.1. The van der Waals surface area contributed by atoms with Gasteiger partial charge in [0.1, 0.15) is 23.9 Å². The van der Waals surface area contributed by atoms with E-state index in [0.29, 0.717) is 13.2 Å². The Hall–Kier alpha value is -3.28. The van der Waals surface area contributed by atoms with Crippen molar-refractivity contribution in [2.75, 3.05) is 31.1 Å². The molecular weight excluding hydrogens is 468 g/mol. The molecule has 1 aromatic carbocycles. The van der Waals surface area contributed by atoms with Gasteiger partial charge in [-0.2, -0.15) is 0 Å². The summed E-state index contributed by atoms with van der Waals surface area (Å²) in [5.74, 6) is 2.64. The minimum Gasteiger partial charge on any atom is -0.488 e. The molecule has 2 aliphatic rings. The maximum absolute atomic E-state index is 11.1. The van der Waals surface area contributed by atoms with E-state index in [1.54, 1.807) is 6.20 Å². The van der Waals surface area contributed by atoms with Crippen LogP contribution in [0.5, 0.6) is 5.75 Å². The number of rotatable bonds is 6. The Labute approximate surface area is 204 Å². The first-order chi connectivity index (χ1) is 17.0. The number of imidazole rings is 1. The molecule has 1 fully saturated rings. The molecule has 2 aliphatic heterocycles. The van der Waals surface area contributed by atoms with Gasteiger partial charge in [0.15, 0.2) is 5.75 Å². The van der Waals surface area contributed by atoms with Crippen molar-refractivity contribution in [2.45, 2.75) is 26.3 Å². The summed E-state index contributed by atoms with van der Waals surface area (Å²) < 4.78 is 37.0. The van der Waals surface area contributed by atoms with Crippen molar-refractivity contribution < 1.29 is 18.0 Å². The summed E-state index contributed by atoms with van der Waals surface area (Å²) in [6.07, 6.45) is 2.71. The molecule has 5 heterocycles. The zero-order valence-electron chi connectivity index (χ0n) is 19.5. The predicted molar refractivity (Wildman–Crippen MR) is 132 cm³/mol. The van der Waals surface area contributed by atoms with Crippen LogP contribution in [0.25, 0.3) is 22.2 Å². The van der Waals surface area contributed by atoms with Gasteiger partial charge in [-0.15, -0.1) is 0 Å². The van der Waals surface area contributed by atoms with Crippen LogP contribution in [-0.2, 0) is 11.3 Å². The van der Waals surface area contributed by atoms with Crippen molar-refractivity contribution in [2.24, 2.45) is 5.92 Å². The Balaban J connectivity index is 1.50. The van der Waals surface area contributed by atoms with Gasteiger partial charge >= 0.3 is 0 Å². The summed E-state index contributed by atoms with van der Waals surface area (Å²) >= 11 is -2.01. The monoisotopic (exact) mass is 494 g/mol. The number of benzene rings is 1. The average Bonchev–Trinajstić information content (AvgIpc) is 3.57. The highest BCUT2D eigenvalue weighted by molar-refractivity contribution is 7.77. The molecule has 0 aliphatic carbocycles. The van der Waals surface area contributed by atoms with E-state index in [0.717, 1.165) is 70.5 Å². The van der Waals surface area contributed by atoms with Crippen LogP contribution in [0.15, 0.2) is 41.1 Å². The minimum absolute atomic E-state index is 0.134. The van der Waals surface area contributed by atoms with Crippen molar-refractivity contribution in [1.29, 1.82) is 0 Å². The van der Waals surface area contributed by atoms with Crippen molar-refractivity contribution in [1.82, 2.24) is 24.4 Å². The molecule has 2 N–H and O–H groups in total. The van der Waals surface area contributed by atoms with Gasteiger partial charge in [0.25, 0.3) is 0 Å². The highest BCUT2D eigenvalue weighted by atomic mass is 32.2. The Morgan fingerprint density at radius 3 is 2.89 bits per heavy atom. The van der Waals surface area contributed by atoms with E-state index >= 15 is 0 Å². The second kappa shape index (κ2) is 8.74. The van der Waals surface area contributed by atoms with Gasteiger partial charge in [-0.05, 0) is 50.5 Å². The number of ether oxygens (including phenoxy) is 1. The molecule has 35 heavy (non-hydrogen) atoms. The SMILES string of the molecule is Cc1noc(C)c1-c1ccc2nc(N3CC[C@@H](CNS(=O)O)C3)n3c2c1OC[C@@H]3c1ccccn1. The van der Waals surface area contributed by atoms with Gasteiger partial charge in [0, 0.05) is 31.4 Å². The van der Waals surface area contributed by atoms with Crippen LogP contribution in [0.2, 0.25) is 0 Å². The van der Waals surface area contributed by atoms with Crippen LogP contribution < -0.4 is 14.4 Å². The van der Waals surface area contributed by atoms with Crippen molar-refractivity contribution in [3.05, 3.63) is 53.7 Å². The molecule has 1 unspecified atom stereocenters. The third kappa shape index (κ3) is 3.79. The van der Waals surface area contributed by atoms with Gasteiger partial charge < -0.3 is 14.2 Å². The molecule has 4 aromatic rings.